The number of hydrogen-bond donors (Lipinski definition) is 1. The minimum Gasteiger partial charge on any atom is -0.493 e. The monoisotopic (exact) mass is 362 g/mol. The number of halogens is 1. The maximum atomic E-state index is 12.9. The molecule has 0 amide bonds. The predicted octanol–water partition coefficient (Wildman–Crippen LogP) is 3.39. The minimum atomic E-state index is -0.238. The summed E-state index contributed by atoms with van der Waals surface area (Å²) in [4.78, 5) is 1.98. The minimum absolute atomic E-state index is 0.238. The van der Waals surface area contributed by atoms with Crippen molar-refractivity contribution < 1.29 is 13.9 Å². The fourth-order valence-corrected chi connectivity index (χ4v) is 2.51. The van der Waals surface area contributed by atoms with Crippen LogP contribution in [0.1, 0.15) is 11.1 Å². The van der Waals surface area contributed by atoms with Crippen molar-refractivity contribution in [2.75, 3.05) is 27.8 Å². The van der Waals surface area contributed by atoms with Gasteiger partial charge in [-0.25, -0.2) is 4.39 Å². The second-order valence-corrected chi connectivity index (χ2v) is 6.03. The molecule has 2 aromatic rings. The van der Waals surface area contributed by atoms with Gasteiger partial charge >= 0.3 is 0 Å². The number of benzene rings is 2. The van der Waals surface area contributed by atoms with Crippen molar-refractivity contribution in [3.05, 3.63) is 59.4 Å². The molecule has 0 aliphatic heterocycles. The van der Waals surface area contributed by atoms with Crippen molar-refractivity contribution >= 4 is 17.3 Å². The Labute approximate surface area is 153 Å². The summed E-state index contributed by atoms with van der Waals surface area (Å²) in [5, 5.41) is 3.84. The first-order chi connectivity index (χ1) is 12.0. The van der Waals surface area contributed by atoms with Crippen LogP contribution < -0.4 is 14.8 Å². The molecule has 0 bridgehead atoms. The SMILES string of the molecule is COc1ccc(CCN(C)C(=S)NCc2ccc(F)cc2)cc1OC. The molecule has 0 fully saturated rings. The summed E-state index contributed by atoms with van der Waals surface area (Å²) in [5.74, 6) is 1.20. The Hall–Kier alpha value is -2.34. The molecule has 2 rings (SSSR count). The van der Waals surface area contributed by atoms with Gasteiger partial charge in [0.15, 0.2) is 16.6 Å². The van der Waals surface area contributed by atoms with Crippen molar-refractivity contribution in [3.63, 3.8) is 0 Å². The van der Waals surface area contributed by atoms with E-state index in [-0.39, 0.29) is 5.82 Å². The van der Waals surface area contributed by atoms with Gasteiger partial charge in [-0.05, 0) is 54.0 Å². The van der Waals surface area contributed by atoms with Gasteiger partial charge in [0.25, 0.3) is 0 Å². The maximum absolute atomic E-state index is 12.9. The van der Waals surface area contributed by atoms with Gasteiger partial charge in [0, 0.05) is 20.1 Å². The highest BCUT2D eigenvalue weighted by atomic mass is 32.1. The molecule has 25 heavy (non-hydrogen) atoms. The van der Waals surface area contributed by atoms with Crippen molar-refractivity contribution in [1.82, 2.24) is 10.2 Å². The molecule has 0 aromatic heterocycles. The Balaban J connectivity index is 1.83. The third-order valence-electron chi connectivity index (χ3n) is 3.89. The summed E-state index contributed by atoms with van der Waals surface area (Å²) in [5.41, 5.74) is 2.13. The lowest BCUT2D eigenvalue weighted by atomic mass is 10.1. The number of rotatable bonds is 7. The summed E-state index contributed by atoms with van der Waals surface area (Å²) in [6.45, 7) is 1.34. The van der Waals surface area contributed by atoms with E-state index < -0.39 is 0 Å². The van der Waals surface area contributed by atoms with Gasteiger partial charge < -0.3 is 19.7 Å². The van der Waals surface area contributed by atoms with Gasteiger partial charge in [-0.2, -0.15) is 0 Å². The zero-order valence-electron chi connectivity index (χ0n) is 14.7. The predicted molar refractivity (Wildman–Crippen MR) is 102 cm³/mol. The topological polar surface area (TPSA) is 33.7 Å². The average molecular weight is 362 g/mol. The number of likely N-dealkylation sites (N-methyl/N-ethyl adjacent to an activating group) is 1. The lowest BCUT2D eigenvalue weighted by Crippen LogP contribution is -2.37. The number of ether oxygens (including phenoxy) is 2. The first-order valence-corrected chi connectivity index (χ1v) is 8.38. The van der Waals surface area contributed by atoms with E-state index in [4.69, 9.17) is 21.7 Å². The van der Waals surface area contributed by atoms with Crippen LogP contribution in [0.25, 0.3) is 0 Å². The zero-order valence-corrected chi connectivity index (χ0v) is 15.5. The molecule has 1 N–H and O–H groups in total. The second-order valence-electron chi connectivity index (χ2n) is 5.65. The Morgan fingerprint density at radius 1 is 1.04 bits per heavy atom. The quantitative estimate of drug-likeness (QED) is 0.764. The lowest BCUT2D eigenvalue weighted by Gasteiger charge is -2.21. The number of methoxy groups -OCH3 is 2. The molecule has 4 nitrogen and oxygen atoms in total. The molecule has 0 heterocycles. The van der Waals surface area contributed by atoms with Crippen molar-refractivity contribution in [1.29, 1.82) is 0 Å². The molecule has 0 unspecified atom stereocenters. The molecule has 0 aliphatic rings. The van der Waals surface area contributed by atoms with E-state index in [0.717, 1.165) is 35.6 Å². The molecule has 0 atom stereocenters. The van der Waals surface area contributed by atoms with Gasteiger partial charge in [-0.1, -0.05) is 18.2 Å². The van der Waals surface area contributed by atoms with Crippen LogP contribution in [0.15, 0.2) is 42.5 Å². The van der Waals surface area contributed by atoms with Crippen LogP contribution in [0.3, 0.4) is 0 Å². The van der Waals surface area contributed by atoms with Crippen molar-refractivity contribution in [3.8, 4) is 11.5 Å². The molecule has 2 aromatic carbocycles. The third-order valence-corrected chi connectivity index (χ3v) is 4.34. The first kappa shape index (κ1) is 19.0. The smallest absolute Gasteiger partial charge is 0.168 e. The average Bonchev–Trinajstić information content (AvgIpc) is 2.65. The van der Waals surface area contributed by atoms with E-state index in [1.54, 1.807) is 26.4 Å². The van der Waals surface area contributed by atoms with Crippen LogP contribution in [0.2, 0.25) is 0 Å². The highest BCUT2D eigenvalue weighted by Gasteiger charge is 2.08. The lowest BCUT2D eigenvalue weighted by molar-refractivity contribution is 0.354. The maximum Gasteiger partial charge on any atom is 0.168 e. The largest absolute Gasteiger partial charge is 0.493 e. The van der Waals surface area contributed by atoms with Crippen LogP contribution in [-0.4, -0.2) is 37.8 Å². The third kappa shape index (κ3) is 5.60. The molecular formula is C19H23FN2O2S. The number of hydrogen-bond acceptors (Lipinski definition) is 3. The Kier molecular flexibility index (Phi) is 7.01. The van der Waals surface area contributed by atoms with Crippen molar-refractivity contribution in [2.45, 2.75) is 13.0 Å². The zero-order chi connectivity index (χ0) is 18.2. The molecule has 134 valence electrons. The number of nitrogens with zero attached hydrogens (tertiary/aromatic N) is 1. The second kappa shape index (κ2) is 9.22. The molecule has 6 heteroatoms. The Morgan fingerprint density at radius 2 is 1.68 bits per heavy atom. The standard InChI is InChI=1S/C19H23FN2O2S/c1-22(19(25)21-13-15-4-7-16(20)8-5-15)11-10-14-6-9-17(23-2)18(12-14)24-3/h4-9,12H,10-11,13H2,1-3H3,(H,21,25). The molecular weight excluding hydrogens is 339 g/mol. The highest BCUT2D eigenvalue weighted by molar-refractivity contribution is 7.80. The van der Waals surface area contributed by atoms with Crippen molar-refractivity contribution in [2.24, 2.45) is 0 Å². The molecule has 0 aliphatic carbocycles. The van der Waals surface area contributed by atoms with E-state index in [0.29, 0.717) is 11.7 Å². The molecule has 0 spiro atoms. The number of thiocarbonyl (C=S) groups is 1. The molecule has 0 saturated heterocycles. The van der Waals surface area contributed by atoms with E-state index in [2.05, 4.69) is 5.32 Å². The Bertz CT molecular complexity index is 707. The van der Waals surface area contributed by atoms with E-state index in [9.17, 15) is 4.39 Å². The highest BCUT2D eigenvalue weighted by Crippen LogP contribution is 2.27. The molecule has 0 saturated carbocycles. The van der Waals surface area contributed by atoms with Gasteiger partial charge in [0.2, 0.25) is 0 Å². The fourth-order valence-electron chi connectivity index (χ4n) is 2.35. The van der Waals surface area contributed by atoms with E-state index in [1.807, 2.05) is 30.1 Å². The van der Waals surface area contributed by atoms with Crippen LogP contribution in [0, 0.1) is 5.82 Å². The number of nitrogens with one attached hydrogen (secondary N) is 1. The Morgan fingerprint density at radius 3 is 2.32 bits per heavy atom. The summed E-state index contributed by atoms with van der Waals surface area (Å²) in [6.07, 6.45) is 0.829. The normalized spacial score (nSPS) is 10.2. The summed E-state index contributed by atoms with van der Waals surface area (Å²) < 4.78 is 23.5. The molecule has 0 radical (unpaired) electrons. The van der Waals surface area contributed by atoms with Crippen LogP contribution in [-0.2, 0) is 13.0 Å². The van der Waals surface area contributed by atoms with Gasteiger partial charge in [-0.3, -0.25) is 0 Å². The fraction of sp³-hybridized carbons (Fsp3) is 0.316. The van der Waals surface area contributed by atoms with Gasteiger partial charge in [-0.15, -0.1) is 0 Å². The van der Waals surface area contributed by atoms with E-state index in [1.165, 1.54) is 12.1 Å². The summed E-state index contributed by atoms with van der Waals surface area (Å²) in [7, 11) is 5.19. The van der Waals surface area contributed by atoms with Crippen LogP contribution in [0.4, 0.5) is 4.39 Å². The van der Waals surface area contributed by atoms with Gasteiger partial charge in [0.05, 0.1) is 14.2 Å². The summed E-state index contributed by atoms with van der Waals surface area (Å²) >= 11 is 5.40. The van der Waals surface area contributed by atoms with E-state index >= 15 is 0 Å². The van der Waals surface area contributed by atoms with Gasteiger partial charge in [0.1, 0.15) is 5.82 Å². The van der Waals surface area contributed by atoms with Crippen LogP contribution >= 0.6 is 12.2 Å². The summed E-state index contributed by atoms with van der Waals surface area (Å²) in [6, 6.07) is 12.3. The van der Waals surface area contributed by atoms with Crippen LogP contribution in [0.5, 0.6) is 11.5 Å². The first-order valence-electron chi connectivity index (χ1n) is 7.97.